The first kappa shape index (κ1) is 22.7. The van der Waals surface area contributed by atoms with Crippen molar-refractivity contribution in [3.8, 4) is 0 Å². The molecule has 0 atom stereocenters. The Hall–Kier alpha value is -1.38. The summed E-state index contributed by atoms with van der Waals surface area (Å²) < 4.78 is 13.6. The standard InChI is InChI=1S/C19H29FN4O.HI/c1-6-21-17(24-13-18(2,3)19(24,4)5)23-12-11-22-16(25)14-9-7-8-10-15(14)20;/h7-10H,6,11-13H2,1-5H3,(H,21,23)(H,22,25);1H. The molecule has 1 fully saturated rings. The molecular weight excluding hydrogens is 446 g/mol. The van der Waals surface area contributed by atoms with Crippen LogP contribution >= 0.6 is 24.0 Å². The number of halogens is 2. The van der Waals surface area contributed by atoms with Gasteiger partial charge >= 0.3 is 0 Å². The Bertz CT molecular complexity index is 661. The molecule has 26 heavy (non-hydrogen) atoms. The highest BCUT2D eigenvalue weighted by molar-refractivity contribution is 14.0. The van der Waals surface area contributed by atoms with Crippen molar-refractivity contribution < 1.29 is 9.18 Å². The van der Waals surface area contributed by atoms with Gasteiger partial charge in [-0.1, -0.05) is 26.0 Å². The molecule has 0 unspecified atom stereocenters. The Morgan fingerprint density at radius 2 is 1.88 bits per heavy atom. The number of nitrogens with one attached hydrogen (secondary N) is 2. The van der Waals surface area contributed by atoms with E-state index in [2.05, 4.69) is 48.2 Å². The maximum absolute atomic E-state index is 13.6. The van der Waals surface area contributed by atoms with Crippen molar-refractivity contribution in [1.29, 1.82) is 0 Å². The predicted molar refractivity (Wildman–Crippen MR) is 115 cm³/mol. The molecule has 1 heterocycles. The lowest BCUT2D eigenvalue weighted by atomic mass is 9.65. The molecule has 0 radical (unpaired) electrons. The van der Waals surface area contributed by atoms with Crippen LogP contribution in [0.25, 0.3) is 0 Å². The number of hydrogen-bond donors (Lipinski definition) is 2. The number of carbonyl (C=O) groups is 1. The van der Waals surface area contributed by atoms with E-state index in [9.17, 15) is 9.18 Å². The van der Waals surface area contributed by atoms with Crippen molar-refractivity contribution in [1.82, 2.24) is 15.5 Å². The Balaban J connectivity index is 0.00000338. The van der Waals surface area contributed by atoms with Crippen molar-refractivity contribution in [2.45, 2.75) is 40.2 Å². The minimum absolute atomic E-state index is 0. The van der Waals surface area contributed by atoms with Gasteiger partial charge in [-0.2, -0.15) is 0 Å². The fraction of sp³-hybridized carbons (Fsp3) is 0.579. The van der Waals surface area contributed by atoms with Gasteiger partial charge in [0.15, 0.2) is 5.96 Å². The van der Waals surface area contributed by atoms with E-state index in [1.54, 1.807) is 12.1 Å². The molecule has 2 N–H and O–H groups in total. The average molecular weight is 476 g/mol. The van der Waals surface area contributed by atoms with E-state index in [1.807, 2.05) is 6.92 Å². The second kappa shape index (κ2) is 9.01. The zero-order valence-corrected chi connectivity index (χ0v) is 18.6. The number of nitrogens with zero attached hydrogens (tertiary/aromatic N) is 2. The fourth-order valence-corrected chi connectivity index (χ4v) is 2.87. The van der Waals surface area contributed by atoms with Crippen molar-refractivity contribution in [3.05, 3.63) is 35.6 Å². The lowest BCUT2D eigenvalue weighted by Crippen LogP contribution is -2.72. The summed E-state index contributed by atoms with van der Waals surface area (Å²) in [6.45, 7) is 13.5. The second-order valence-corrected chi connectivity index (χ2v) is 7.50. The van der Waals surface area contributed by atoms with E-state index in [1.165, 1.54) is 12.1 Å². The van der Waals surface area contributed by atoms with Gasteiger partial charge in [-0.15, -0.1) is 24.0 Å². The van der Waals surface area contributed by atoms with Crippen molar-refractivity contribution in [3.63, 3.8) is 0 Å². The molecule has 0 aliphatic carbocycles. The van der Waals surface area contributed by atoms with Gasteiger partial charge in [0.25, 0.3) is 5.91 Å². The van der Waals surface area contributed by atoms with Crippen molar-refractivity contribution >= 4 is 35.8 Å². The largest absolute Gasteiger partial charge is 0.356 e. The number of hydrogen-bond acceptors (Lipinski definition) is 2. The number of amides is 1. The quantitative estimate of drug-likeness (QED) is 0.297. The monoisotopic (exact) mass is 476 g/mol. The normalized spacial score (nSPS) is 17.8. The summed E-state index contributed by atoms with van der Waals surface area (Å²) in [6.07, 6.45) is 0. The number of aliphatic imine (C=N–C) groups is 1. The van der Waals surface area contributed by atoms with Crippen LogP contribution in [-0.4, -0.2) is 48.5 Å². The van der Waals surface area contributed by atoms with E-state index in [-0.39, 0.29) is 40.5 Å². The van der Waals surface area contributed by atoms with Gasteiger partial charge in [0.2, 0.25) is 0 Å². The van der Waals surface area contributed by atoms with Crippen LogP contribution in [0.1, 0.15) is 45.0 Å². The molecular formula is C19H30FIN4O. The van der Waals surface area contributed by atoms with E-state index < -0.39 is 11.7 Å². The van der Waals surface area contributed by atoms with E-state index in [4.69, 9.17) is 0 Å². The van der Waals surface area contributed by atoms with E-state index >= 15 is 0 Å². The van der Waals surface area contributed by atoms with Crippen LogP contribution in [0, 0.1) is 11.2 Å². The first-order valence-electron chi connectivity index (χ1n) is 8.79. The molecule has 7 heteroatoms. The lowest BCUT2D eigenvalue weighted by molar-refractivity contribution is -0.0667. The molecule has 1 aromatic carbocycles. The Morgan fingerprint density at radius 1 is 1.23 bits per heavy atom. The molecule has 0 aromatic heterocycles. The number of rotatable bonds is 5. The third-order valence-corrected chi connectivity index (χ3v) is 5.25. The zero-order valence-electron chi connectivity index (χ0n) is 16.2. The van der Waals surface area contributed by atoms with Crippen LogP contribution in [0.5, 0.6) is 0 Å². The number of carbonyl (C=O) groups excluding carboxylic acids is 1. The van der Waals surface area contributed by atoms with Crippen LogP contribution in [0.3, 0.4) is 0 Å². The van der Waals surface area contributed by atoms with Crippen LogP contribution < -0.4 is 10.6 Å². The second-order valence-electron chi connectivity index (χ2n) is 7.50. The maximum Gasteiger partial charge on any atom is 0.254 e. The molecule has 0 spiro atoms. The minimum Gasteiger partial charge on any atom is -0.356 e. The molecule has 1 aromatic rings. The summed E-state index contributed by atoms with van der Waals surface area (Å²) >= 11 is 0. The number of guanidine groups is 1. The first-order valence-corrected chi connectivity index (χ1v) is 8.79. The van der Waals surface area contributed by atoms with Crippen LogP contribution in [0.2, 0.25) is 0 Å². The third-order valence-electron chi connectivity index (χ3n) is 5.25. The molecule has 146 valence electrons. The van der Waals surface area contributed by atoms with Gasteiger partial charge in [0, 0.05) is 30.6 Å². The summed E-state index contributed by atoms with van der Waals surface area (Å²) in [5.41, 5.74) is 0.302. The van der Waals surface area contributed by atoms with Gasteiger partial charge in [0.05, 0.1) is 12.1 Å². The highest BCUT2D eigenvalue weighted by atomic mass is 127. The summed E-state index contributed by atoms with van der Waals surface area (Å²) in [7, 11) is 0. The fourth-order valence-electron chi connectivity index (χ4n) is 2.87. The summed E-state index contributed by atoms with van der Waals surface area (Å²) in [4.78, 5) is 18.9. The van der Waals surface area contributed by atoms with Crippen LogP contribution in [0.15, 0.2) is 29.3 Å². The van der Waals surface area contributed by atoms with Gasteiger partial charge < -0.3 is 15.5 Å². The first-order chi connectivity index (χ1) is 11.7. The number of benzene rings is 1. The third kappa shape index (κ3) is 4.66. The van der Waals surface area contributed by atoms with Gasteiger partial charge in [-0.25, -0.2) is 4.39 Å². The van der Waals surface area contributed by atoms with Gasteiger partial charge in [-0.3, -0.25) is 9.79 Å². The topological polar surface area (TPSA) is 56.7 Å². The zero-order chi connectivity index (χ0) is 18.7. The highest BCUT2D eigenvalue weighted by Gasteiger charge is 2.53. The molecule has 2 rings (SSSR count). The van der Waals surface area contributed by atoms with Crippen LogP contribution in [0.4, 0.5) is 4.39 Å². The molecule has 5 nitrogen and oxygen atoms in total. The molecule has 1 amide bonds. The lowest BCUT2D eigenvalue weighted by Gasteiger charge is -2.62. The maximum atomic E-state index is 13.6. The summed E-state index contributed by atoms with van der Waals surface area (Å²) in [6, 6.07) is 5.97. The SMILES string of the molecule is CCNC(=NCCNC(=O)c1ccccc1F)N1CC(C)(C)C1(C)C.I. The van der Waals surface area contributed by atoms with Crippen LogP contribution in [-0.2, 0) is 0 Å². The Morgan fingerprint density at radius 3 is 2.42 bits per heavy atom. The van der Waals surface area contributed by atoms with Crippen molar-refractivity contribution in [2.24, 2.45) is 10.4 Å². The highest BCUT2D eigenvalue weighted by Crippen LogP contribution is 2.46. The molecule has 1 aliphatic heterocycles. The van der Waals surface area contributed by atoms with Gasteiger partial charge in [0.1, 0.15) is 5.82 Å². The van der Waals surface area contributed by atoms with Crippen molar-refractivity contribution in [2.75, 3.05) is 26.2 Å². The molecule has 1 saturated heterocycles. The smallest absolute Gasteiger partial charge is 0.254 e. The Labute approximate surface area is 172 Å². The summed E-state index contributed by atoms with van der Waals surface area (Å²) in [5.74, 6) is -0.0721. The van der Waals surface area contributed by atoms with E-state index in [0.29, 0.717) is 13.1 Å². The average Bonchev–Trinajstić information content (AvgIpc) is 2.56. The summed E-state index contributed by atoms with van der Waals surface area (Å²) in [5, 5.41) is 6.03. The molecule has 1 aliphatic rings. The van der Waals surface area contributed by atoms with E-state index in [0.717, 1.165) is 19.0 Å². The molecule has 0 saturated carbocycles. The van der Waals surface area contributed by atoms with Gasteiger partial charge in [-0.05, 0) is 32.9 Å². The Kier molecular flexibility index (Phi) is 7.85. The molecule has 0 bridgehead atoms. The minimum atomic E-state index is -0.513. The predicted octanol–water partition coefficient (Wildman–Crippen LogP) is 3.26. The number of likely N-dealkylation sites (tertiary alicyclic amines) is 1.